The van der Waals surface area contributed by atoms with Gasteiger partial charge >= 0.3 is 5.97 Å². The van der Waals surface area contributed by atoms with E-state index in [1.807, 2.05) is 24.3 Å². The van der Waals surface area contributed by atoms with E-state index < -0.39 is 0 Å². The van der Waals surface area contributed by atoms with Crippen molar-refractivity contribution < 1.29 is 14.3 Å². The van der Waals surface area contributed by atoms with Crippen LogP contribution in [-0.4, -0.2) is 12.6 Å². The molecule has 0 N–H and O–H groups in total. The standard InChI is InChI=1S/C27H36O3/c1-4-6-21-7-9-22(10-8-21)23-11-17-26(18-12-23)30-27(28)24-13-15-25(16-14-24)29-19-20(3)5-2/h11-18,20-22H,4-10,19H2,1-3H3/t20-,21-,22-/m0/s1. The van der Waals surface area contributed by atoms with Gasteiger partial charge in [-0.3, -0.25) is 0 Å². The van der Waals surface area contributed by atoms with Gasteiger partial charge in [-0.25, -0.2) is 4.79 Å². The van der Waals surface area contributed by atoms with Gasteiger partial charge in [0.1, 0.15) is 11.5 Å². The molecule has 0 heterocycles. The van der Waals surface area contributed by atoms with Gasteiger partial charge < -0.3 is 9.47 Å². The van der Waals surface area contributed by atoms with E-state index in [-0.39, 0.29) is 5.97 Å². The zero-order chi connectivity index (χ0) is 21.3. The topological polar surface area (TPSA) is 35.5 Å². The summed E-state index contributed by atoms with van der Waals surface area (Å²) in [7, 11) is 0. The average Bonchev–Trinajstić information content (AvgIpc) is 2.79. The predicted octanol–water partition coefficient (Wildman–Crippen LogP) is 7.40. The summed E-state index contributed by atoms with van der Waals surface area (Å²) in [5.74, 6) is 3.12. The Bertz CT molecular complexity index is 771. The molecule has 0 radical (unpaired) electrons. The molecule has 1 saturated carbocycles. The Hall–Kier alpha value is -2.29. The highest BCUT2D eigenvalue weighted by Gasteiger charge is 2.21. The Kier molecular flexibility index (Phi) is 8.36. The normalized spacial score (nSPS) is 19.8. The first kappa shape index (κ1) is 22.4. The lowest BCUT2D eigenvalue weighted by Gasteiger charge is -2.28. The van der Waals surface area contributed by atoms with Crippen LogP contribution in [0.2, 0.25) is 0 Å². The van der Waals surface area contributed by atoms with Crippen LogP contribution in [0, 0.1) is 11.8 Å². The highest BCUT2D eigenvalue weighted by atomic mass is 16.5. The fraction of sp³-hybridized carbons (Fsp3) is 0.519. The maximum atomic E-state index is 12.5. The Morgan fingerprint density at radius 2 is 1.57 bits per heavy atom. The van der Waals surface area contributed by atoms with Gasteiger partial charge in [0.25, 0.3) is 0 Å². The minimum atomic E-state index is -0.337. The lowest BCUT2D eigenvalue weighted by atomic mass is 9.77. The third-order valence-electron chi connectivity index (χ3n) is 6.43. The van der Waals surface area contributed by atoms with Gasteiger partial charge in [0.15, 0.2) is 0 Å². The van der Waals surface area contributed by atoms with Gasteiger partial charge in [0, 0.05) is 0 Å². The van der Waals surface area contributed by atoms with E-state index in [1.54, 1.807) is 12.1 Å². The van der Waals surface area contributed by atoms with Crippen LogP contribution in [0.4, 0.5) is 0 Å². The van der Waals surface area contributed by atoms with Crippen molar-refractivity contribution in [2.45, 2.75) is 71.6 Å². The molecule has 1 aliphatic rings. The zero-order valence-corrected chi connectivity index (χ0v) is 18.7. The molecule has 1 atom stereocenters. The number of esters is 1. The zero-order valence-electron chi connectivity index (χ0n) is 18.7. The summed E-state index contributed by atoms with van der Waals surface area (Å²) in [5.41, 5.74) is 1.90. The third kappa shape index (κ3) is 6.35. The average molecular weight is 409 g/mol. The van der Waals surface area contributed by atoms with Gasteiger partial charge in [-0.1, -0.05) is 52.2 Å². The minimum Gasteiger partial charge on any atom is -0.493 e. The number of benzene rings is 2. The molecule has 2 aromatic rings. The molecular formula is C27H36O3. The summed E-state index contributed by atoms with van der Waals surface area (Å²) in [5, 5.41) is 0. The Morgan fingerprint density at radius 3 is 2.17 bits per heavy atom. The second kappa shape index (κ2) is 11.2. The molecule has 30 heavy (non-hydrogen) atoms. The summed E-state index contributed by atoms with van der Waals surface area (Å²) in [6, 6.07) is 15.3. The highest BCUT2D eigenvalue weighted by Crippen LogP contribution is 2.37. The van der Waals surface area contributed by atoms with Gasteiger partial charge in [-0.05, 0) is 85.4 Å². The molecule has 1 aliphatic carbocycles. The maximum Gasteiger partial charge on any atom is 0.343 e. The fourth-order valence-electron chi connectivity index (χ4n) is 4.21. The Labute approximate surface area is 181 Å². The van der Waals surface area contributed by atoms with Crippen LogP contribution in [0.3, 0.4) is 0 Å². The second-order valence-electron chi connectivity index (χ2n) is 8.81. The molecule has 0 saturated heterocycles. The van der Waals surface area contributed by atoms with Crippen molar-refractivity contribution in [1.29, 1.82) is 0 Å². The Morgan fingerprint density at radius 1 is 0.933 bits per heavy atom. The molecule has 162 valence electrons. The fourth-order valence-corrected chi connectivity index (χ4v) is 4.21. The predicted molar refractivity (Wildman–Crippen MR) is 122 cm³/mol. The van der Waals surface area contributed by atoms with Crippen molar-refractivity contribution in [2.75, 3.05) is 6.61 Å². The molecule has 0 amide bonds. The van der Waals surface area contributed by atoms with Crippen molar-refractivity contribution in [3.8, 4) is 11.5 Å². The quantitative estimate of drug-likeness (QED) is 0.320. The van der Waals surface area contributed by atoms with Crippen LogP contribution < -0.4 is 9.47 Å². The number of ether oxygens (including phenoxy) is 2. The molecule has 0 unspecified atom stereocenters. The molecule has 0 aliphatic heterocycles. The first-order valence-electron chi connectivity index (χ1n) is 11.6. The van der Waals surface area contributed by atoms with Crippen molar-refractivity contribution in [3.63, 3.8) is 0 Å². The van der Waals surface area contributed by atoms with Crippen molar-refractivity contribution in [1.82, 2.24) is 0 Å². The maximum absolute atomic E-state index is 12.5. The van der Waals surface area contributed by atoms with Crippen LogP contribution >= 0.6 is 0 Å². The van der Waals surface area contributed by atoms with Crippen LogP contribution in [0.5, 0.6) is 11.5 Å². The van der Waals surface area contributed by atoms with Crippen LogP contribution in [0.25, 0.3) is 0 Å². The van der Waals surface area contributed by atoms with E-state index in [0.717, 1.165) is 18.1 Å². The molecule has 3 heteroatoms. The van der Waals surface area contributed by atoms with Crippen LogP contribution in [-0.2, 0) is 0 Å². The summed E-state index contributed by atoms with van der Waals surface area (Å²) in [6.45, 7) is 7.28. The second-order valence-corrected chi connectivity index (χ2v) is 8.81. The summed E-state index contributed by atoms with van der Waals surface area (Å²) in [6.07, 6.45) is 8.97. The van der Waals surface area contributed by atoms with Crippen molar-refractivity contribution in [2.24, 2.45) is 11.8 Å². The summed E-state index contributed by atoms with van der Waals surface area (Å²) < 4.78 is 11.3. The van der Waals surface area contributed by atoms with E-state index in [9.17, 15) is 4.79 Å². The Balaban J connectivity index is 1.51. The van der Waals surface area contributed by atoms with Crippen LogP contribution in [0.1, 0.15) is 87.6 Å². The van der Waals surface area contributed by atoms with Crippen LogP contribution in [0.15, 0.2) is 48.5 Å². The van der Waals surface area contributed by atoms with Gasteiger partial charge in [0.2, 0.25) is 0 Å². The molecular weight excluding hydrogens is 372 g/mol. The lowest BCUT2D eigenvalue weighted by Crippen LogP contribution is -2.13. The van der Waals surface area contributed by atoms with Crippen molar-refractivity contribution >= 4 is 5.97 Å². The van der Waals surface area contributed by atoms with E-state index >= 15 is 0 Å². The third-order valence-corrected chi connectivity index (χ3v) is 6.43. The number of carbonyl (C=O) groups is 1. The van der Waals surface area contributed by atoms with Gasteiger partial charge in [0.05, 0.1) is 12.2 Å². The van der Waals surface area contributed by atoms with Crippen molar-refractivity contribution in [3.05, 3.63) is 59.7 Å². The molecule has 1 fully saturated rings. The van der Waals surface area contributed by atoms with Gasteiger partial charge in [-0.2, -0.15) is 0 Å². The molecule has 0 aromatic heterocycles. The van der Waals surface area contributed by atoms with E-state index in [4.69, 9.17) is 9.47 Å². The number of carbonyl (C=O) groups excluding carboxylic acids is 1. The first-order chi connectivity index (χ1) is 14.6. The van der Waals surface area contributed by atoms with E-state index in [0.29, 0.717) is 29.8 Å². The summed E-state index contributed by atoms with van der Waals surface area (Å²) in [4.78, 5) is 12.5. The monoisotopic (exact) mass is 408 g/mol. The number of hydrogen-bond acceptors (Lipinski definition) is 3. The first-order valence-corrected chi connectivity index (χ1v) is 11.6. The minimum absolute atomic E-state index is 0.337. The number of hydrogen-bond donors (Lipinski definition) is 0. The van der Waals surface area contributed by atoms with E-state index in [1.165, 1.54) is 44.1 Å². The largest absolute Gasteiger partial charge is 0.493 e. The molecule has 2 aromatic carbocycles. The van der Waals surface area contributed by atoms with Gasteiger partial charge in [-0.15, -0.1) is 0 Å². The highest BCUT2D eigenvalue weighted by molar-refractivity contribution is 5.91. The molecule has 0 spiro atoms. The smallest absolute Gasteiger partial charge is 0.343 e. The summed E-state index contributed by atoms with van der Waals surface area (Å²) >= 11 is 0. The molecule has 0 bridgehead atoms. The number of rotatable bonds is 9. The van der Waals surface area contributed by atoms with E-state index in [2.05, 4.69) is 32.9 Å². The molecule has 3 rings (SSSR count). The molecule has 3 nitrogen and oxygen atoms in total. The lowest BCUT2D eigenvalue weighted by molar-refractivity contribution is 0.0734. The SMILES string of the molecule is CCC[C@H]1CC[C@H](c2ccc(OC(=O)c3ccc(OC[C@@H](C)CC)cc3)cc2)CC1.